The summed E-state index contributed by atoms with van der Waals surface area (Å²) in [5.74, 6) is 0. The van der Waals surface area contributed by atoms with Gasteiger partial charge in [-0.25, -0.2) is 4.68 Å². The van der Waals surface area contributed by atoms with E-state index in [4.69, 9.17) is 0 Å². The van der Waals surface area contributed by atoms with E-state index in [0.29, 0.717) is 5.69 Å². The molecule has 1 aromatic heterocycles. The third kappa shape index (κ3) is 3.37. The molecule has 0 saturated carbocycles. The highest BCUT2D eigenvalue weighted by atomic mass is 15.4. The fraction of sp³-hybridized carbons (Fsp3) is 0.500. The fourth-order valence-corrected chi connectivity index (χ4v) is 3.12. The Balaban J connectivity index is 1.84. The molecular formula is C18H23N5. The number of anilines is 1. The maximum absolute atomic E-state index is 9.22. The SMILES string of the molecule is CCCCc1c(C#N)nnn1-c1ccc(N2CCCCC2)cc1. The summed E-state index contributed by atoms with van der Waals surface area (Å²) in [6, 6.07) is 10.6. The molecule has 1 fully saturated rings. The molecule has 0 N–H and O–H groups in total. The summed E-state index contributed by atoms with van der Waals surface area (Å²) in [6.07, 6.45) is 6.85. The molecule has 0 radical (unpaired) electrons. The molecule has 2 aromatic rings. The minimum Gasteiger partial charge on any atom is -0.372 e. The van der Waals surface area contributed by atoms with E-state index in [9.17, 15) is 5.26 Å². The second-order valence-corrected chi connectivity index (χ2v) is 6.08. The highest BCUT2D eigenvalue weighted by molar-refractivity contribution is 5.51. The van der Waals surface area contributed by atoms with E-state index < -0.39 is 0 Å². The number of benzene rings is 1. The van der Waals surface area contributed by atoms with Crippen LogP contribution in [-0.4, -0.2) is 28.1 Å². The molecule has 5 nitrogen and oxygen atoms in total. The van der Waals surface area contributed by atoms with E-state index in [1.165, 1.54) is 24.9 Å². The number of hydrogen-bond donors (Lipinski definition) is 0. The van der Waals surface area contributed by atoms with Crippen LogP contribution in [0, 0.1) is 11.3 Å². The van der Waals surface area contributed by atoms with Gasteiger partial charge >= 0.3 is 0 Å². The van der Waals surface area contributed by atoms with Crippen molar-refractivity contribution in [1.82, 2.24) is 15.0 Å². The van der Waals surface area contributed by atoms with Crippen molar-refractivity contribution in [1.29, 1.82) is 5.26 Å². The van der Waals surface area contributed by atoms with Crippen molar-refractivity contribution in [3.8, 4) is 11.8 Å². The molecule has 23 heavy (non-hydrogen) atoms. The van der Waals surface area contributed by atoms with Crippen LogP contribution in [0.3, 0.4) is 0 Å². The van der Waals surface area contributed by atoms with Crippen LogP contribution in [0.15, 0.2) is 24.3 Å². The normalized spacial score (nSPS) is 14.7. The Labute approximate surface area is 137 Å². The van der Waals surface area contributed by atoms with Crippen molar-refractivity contribution in [3.05, 3.63) is 35.7 Å². The molecule has 0 aliphatic carbocycles. The standard InChI is InChI=1S/C18H23N5/c1-2-3-7-18-17(14-19)20-21-23(18)16-10-8-15(9-11-16)22-12-5-4-6-13-22/h8-11H,2-7,12-13H2,1H3. The molecule has 3 rings (SSSR count). The minimum absolute atomic E-state index is 0.443. The summed E-state index contributed by atoms with van der Waals surface area (Å²) >= 11 is 0. The summed E-state index contributed by atoms with van der Waals surface area (Å²) in [5.41, 5.74) is 3.61. The highest BCUT2D eigenvalue weighted by Gasteiger charge is 2.15. The summed E-state index contributed by atoms with van der Waals surface area (Å²) < 4.78 is 1.81. The molecule has 0 unspecified atom stereocenters. The van der Waals surface area contributed by atoms with Gasteiger partial charge in [0.1, 0.15) is 6.07 Å². The highest BCUT2D eigenvalue weighted by Crippen LogP contribution is 2.22. The first-order valence-corrected chi connectivity index (χ1v) is 8.53. The van der Waals surface area contributed by atoms with Crippen molar-refractivity contribution in [2.24, 2.45) is 0 Å². The number of aromatic nitrogens is 3. The first kappa shape index (κ1) is 15.5. The van der Waals surface area contributed by atoms with Gasteiger partial charge in [0.15, 0.2) is 5.69 Å². The Bertz CT molecular complexity index is 674. The third-order valence-corrected chi connectivity index (χ3v) is 4.45. The molecule has 2 heterocycles. The van der Waals surface area contributed by atoms with Crippen LogP contribution in [0.25, 0.3) is 5.69 Å². The monoisotopic (exact) mass is 309 g/mol. The Hall–Kier alpha value is -2.35. The minimum atomic E-state index is 0.443. The first-order valence-electron chi connectivity index (χ1n) is 8.53. The average molecular weight is 309 g/mol. The van der Waals surface area contributed by atoms with Crippen molar-refractivity contribution < 1.29 is 0 Å². The lowest BCUT2D eigenvalue weighted by Crippen LogP contribution is -2.29. The number of nitriles is 1. The number of piperidine rings is 1. The van der Waals surface area contributed by atoms with Gasteiger partial charge in [-0.1, -0.05) is 18.6 Å². The van der Waals surface area contributed by atoms with E-state index in [-0.39, 0.29) is 0 Å². The van der Waals surface area contributed by atoms with Crippen molar-refractivity contribution in [3.63, 3.8) is 0 Å². The predicted octanol–water partition coefficient (Wildman–Crippen LogP) is 3.47. The van der Waals surface area contributed by atoms with E-state index in [0.717, 1.165) is 43.7 Å². The van der Waals surface area contributed by atoms with Crippen LogP contribution in [-0.2, 0) is 6.42 Å². The van der Waals surface area contributed by atoms with Gasteiger partial charge in [0.2, 0.25) is 0 Å². The molecule has 1 aliphatic rings. The molecule has 5 heteroatoms. The lowest BCUT2D eigenvalue weighted by Gasteiger charge is -2.28. The maximum atomic E-state index is 9.22. The summed E-state index contributed by atoms with van der Waals surface area (Å²) in [6.45, 7) is 4.43. The lowest BCUT2D eigenvalue weighted by molar-refractivity contribution is 0.578. The largest absolute Gasteiger partial charge is 0.372 e. The van der Waals surface area contributed by atoms with Crippen LogP contribution in [0.5, 0.6) is 0 Å². The van der Waals surface area contributed by atoms with Crippen LogP contribution in [0.1, 0.15) is 50.4 Å². The van der Waals surface area contributed by atoms with Gasteiger partial charge in [-0.3, -0.25) is 0 Å². The molecule has 0 bridgehead atoms. The fourth-order valence-electron chi connectivity index (χ4n) is 3.12. The number of hydrogen-bond acceptors (Lipinski definition) is 4. The van der Waals surface area contributed by atoms with Gasteiger partial charge in [-0.15, -0.1) is 5.10 Å². The smallest absolute Gasteiger partial charge is 0.186 e. The number of nitrogens with zero attached hydrogens (tertiary/aromatic N) is 5. The van der Waals surface area contributed by atoms with Gasteiger partial charge in [0.25, 0.3) is 0 Å². The van der Waals surface area contributed by atoms with Gasteiger partial charge in [0.05, 0.1) is 11.4 Å². The second kappa shape index (κ2) is 7.28. The zero-order valence-corrected chi connectivity index (χ0v) is 13.7. The van der Waals surface area contributed by atoms with Gasteiger partial charge in [0, 0.05) is 18.8 Å². The van der Waals surface area contributed by atoms with Crippen LogP contribution >= 0.6 is 0 Å². The maximum Gasteiger partial charge on any atom is 0.186 e. The number of unbranched alkanes of at least 4 members (excludes halogenated alkanes) is 1. The lowest BCUT2D eigenvalue weighted by atomic mass is 10.1. The first-order chi connectivity index (χ1) is 11.3. The predicted molar refractivity (Wildman–Crippen MR) is 90.8 cm³/mol. The van der Waals surface area contributed by atoms with Crippen molar-refractivity contribution >= 4 is 5.69 Å². The zero-order chi connectivity index (χ0) is 16.1. The zero-order valence-electron chi connectivity index (χ0n) is 13.7. The molecule has 1 saturated heterocycles. The van der Waals surface area contributed by atoms with Crippen molar-refractivity contribution in [2.45, 2.75) is 45.4 Å². The molecular weight excluding hydrogens is 286 g/mol. The Morgan fingerprint density at radius 2 is 1.78 bits per heavy atom. The molecule has 0 spiro atoms. The molecule has 0 atom stereocenters. The molecule has 0 amide bonds. The van der Waals surface area contributed by atoms with E-state index in [1.54, 1.807) is 0 Å². The van der Waals surface area contributed by atoms with Gasteiger partial charge in [-0.2, -0.15) is 5.26 Å². The van der Waals surface area contributed by atoms with Crippen LogP contribution in [0.2, 0.25) is 0 Å². The molecule has 120 valence electrons. The Morgan fingerprint density at radius 3 is 2.43 bits per heavy atom. The van der Waals surface area contributed by atoms with E-state index >= 15 is 0 Å². The summed E-state index contributed by atoms with van der Waals surface area (Å²) in [4.78, 5) is 2.44. The second-order valence-electron chi connectivity index (χ2n) is 6.08. The number of rotatable bonds is 5. The summed E-state index contributed by atoms with van der Waals surface area (Å²) in [7, 11) is 0. The van der Waals surface area contributed by atoms with Crippen molar-refractivity contribution in [2.75, 3.05) is 18.0 Å². The average Bonchev–Trinajstić information content (AvgIpc) is 3.03. The summed E-state index contributed by atoms with van der Waals surface area (Å²) in [5, 5.41) is 17.4. The van der Waals surface area contributed by atoms with E-state index in [2.05, 4.69) is 52.5 Å². The topological polar surface area (TPSA) is 57.7 Å². The van der Waals surface area contributed by atoms with Crippen LogP contribution < -0.4 is 4.90 Å². The van der Waals surface area contributed by atoms with Crippen LogP contribution in [0.4, 0.5) is 5.69 Å². The van der Waals surface area contributed by atoms with Gasteiger partial charge in [-0.05, 0) is 56.4 Å². The van der Waals surface area contributed by atoms with Gasteiger partial charge < -0.3 is 4.90 Å². The molecule has 1 aromatic carbocycles. The van der Waals surface area contributed by atoms with E-state index in [1.807, 2.05) is 4.68 Å². The Kier molecular flexibility index (Phi) is 4.92. The quantitative estimate of drug-likeness (QED) is 0.848. The molecule has 1 aliphatic heterocycles. The Morgan fingerprint density at radius 1 is 1.09 bits per heavy atom. The third-order valence-electron chi connectivity index (χ3n) is 4.45.